The van der Waals surface area contributed by atoms with Crippen LogP contribution in [0.15, 0.2) is 71.5 Å². The maximum atomic E-state index is 14.0. The molecule has 1 heterocycles. The third-order valence-corrected chi connectivity index (χ3v) is 6.14. The van der Waals surface area contributed by atoms with Gasteiger partial charge in [0, 0.05) is 18.2 Å². The van der Waals surface area contributed by atoms with Crippen LogP contribution in [0.25, 0.3) is 22.3 Å². The Kier molecular flexibility index (Phi) is 7.29. The summed E-state index contributed by atoms with van der Waals surface area (Å²) < 4.78 is 1.52. The van der Waals surface area contributed by atoms with Gasteiger partial charge in [-0.1, -0.05) is 49.7 Å². The summed E-state index contributed by atoms with van der Waals surface area (Å²) in [5, 5.41) is 5.78. The lowest BCUT2D eigenvalue weighted by atomic mass is 10.0. The number of amides is 2. The number of aromatic nitrogens is 2. The van der Waals surface area contributed by atoms with E-state index in [4.69, 9.17) is 0 Å². The van der Waals surface area contributed by atoms with Crippen LogP contribution in [0.3, 0.4) is 0 Å². The number of nitrogens with zero attached hydrogens (tertiary/aromatic N) is 2. The van der Waals surface area contributed by atoms with Crippen LogP contribution in [0.2, 0.25) is 0 Å². The molecule has 2 N–H and O–H groups in total. The van der Waals surface area contributed by atoms with E-state index in [1.54, 1.807) is 12.1 Å². The van der Waals surface area contributed by atoms with Gasteiger partial charge < -0.3 is 10.6 Å². The van der Waals surface area contributed by atoms with Crippen LogP contribution in [-0.2, 0) is 16.0 Å². The van der Waals surface area contributed by atoms with Crippen molar-refractivity contribution in [1.29, 1.82) is 0 Å². The summed E-state index contributed by atoms with van der Waals surface area (Å²) in [4.78, 5) is 44.0. The first-order chi connectivity index (χ1) is 17.3. The molecule has 0 saturated carbocycles. The van der Waals surface area contributed by atoms with Crippen molar-refractivity contribution in [3.63, 3.8) is 0 Å². The van der Waals surface area contributed by atoms with Gasteiger partial charge in [-0.2, -0.15) is 0 Å². The number of aryl methyl sites for hydroxylation is 2. The first-order valence-corrected chi connectivity index (χ1v) is 12.1. The minimum absolute atomic E-state index is 0.181. The van der Waals surface area contributed by atoms with Gasteiger partial charge in [-0.3, -0.25) is 19.0 Å². The molecule has 36 heavy (non-hydrogen) atoms. The van der Waals surface area contributed by atoms with Gasteiger partial charge in [0.2, 0.25) is 11.8 Å². The number of fused-ring (bicyclic) bond motifs is 1. The molecule has 0 aliphatic heterocycles. The standard InChI is InChI=1S/C29H30N4O3/c1-5-20-10-9-11-21(17-20)31-28(35)25(6-2)33-26-13-8-7-12-24(26)32-27(29(33)36)22-16-18(3)14-15-23(22)30-19(4)34/h7-17,25H,5-6H2,1-4H3,(H,30,34)(H,31,35)/t25-/m0/s1. The van der Waals surface area contributed by atoms with Crippen LogP contribution in [-0.4, -0.2) is 21.4 Å². The van der Waals surface area contributed by atoms with Gasteiger partial charge in [-0.05, 0) is 61.7 Å². The van der Waals surface area contributed by atoms with Crippen molar-refractivity contribution < 1.29 is 9.59 Å². The molecule has 0 bridgehead atoms. The number of rotatable bonds is 7. The zero-order chi connectivity index (χ0) is 25.8. The second-order valence-electron chi connectivity index (χ2n) is 8.82. The summed E-state index contributed by atoms with van der Waals surface area (Å²) in [7, 11) is 0. The highest BCUT2D eigenvalue weighted by Gasteiger charge is 2.25. The van der Waals surface area contributed by atoms with Crippen LogP contribution in [0.5, 0.6) is 0 Å². The largest absolute Gasteiger partial charge is 0.326 e. The number of hydrogen-bond acceptors (Lipinski definition) is 4. The molecule has 1 aromatic heterocycles. The molecule has 0 saturated heterocycles. The van der Waals surface area contributed by atoms with Crippen molar-refractivity contribution in [2.45, 2.75) is 46.6 Å². The molecule has 0 aliphatic carbocycles. The van der Waals surface area contributed by atoms with Gasteiger partial charge in [-0.15, -0.1) is 0 Å². The highest BCUT2D eigenvalue weighted by Crippen LogP contribution is 2.29. The number of anilines is 2. The van der Waals surface area contributed by atoms with E-state index in [1.165, 1.54) is 11.5 Å². The SMILES string of the molecule is CCc1cccc(NC(=O)[C@H](CC)n2c(=O)c(-c3cc(C)ccc3NC(C)=O)nc3ccccc32)c1. The number of para-hydroxylation sites is 2. The zero-order valence-corrected chi connectivity index (χ0v) is 21.0. The third kappa shape index (κ3) is 5.05. The first-order valence-electron chi connectivity index (χ1n) is 12.1. The van der Waals surface area contributed by atoms with Crippen molar-refractivity contribution in [2.75, 3.05) is 10.6 Å². The number of hydrogen-bond donors (Lipinski definition) is 2. The van der Waals surface area contributed by atoms with Crippen LogP contribution < -0.4 is 16.2 Å². The normalized spacial score (nSPS) is 11.8. The molecule has 4 aromatic rings. The Labute approximate surface area is 210 Å². The number of benzene rings is 3. The molecule has 1 atom stereocenters. The molecule has 3 aromatic carbocycles. The van der Waals surface area contributed by atoms with Crippen LogP contribution in [0.1, 0.15) is 44.4 Å². The fraction of sp³-hybridized carbons (Fsp3) is 0.241. The maximum absolute atomic E-state index is 14.0. The van der Waals surface area contributed by atoms with Crippen molar-refractivity contribution in [3.8, 4) is 11.3 Å². The molecule has 7 heteroatoms. The molecule has 7 nitrogen and oxygen atoms in total. The van der Waals surface area contributed by atoms with E-state index >= 15 is 0 Å². The minimum Gasteiger partial charge on any atom is -0.326 e. The Morgan fingerprint density at radius 2 is 1.75 bits per heavy atom. The first kappa shape index (κ1) is 24.9. The van der Waals surface area contributed by atoms with Gasteiger partial charge in [0.15, 0.2) is 0 Å². The Hall–Kier alpha value is -4.26. The predicted octanol–water partition coefficient (Wildman–Crippen LogP) is 5.48. The second-order valence-corrected chi connectivity index (χ2v) is 8.82. The number of carbonyl (C=O) groups excluding carboxylic acids is 2. The van der Waals surface area contributed by atoms with Gasteiger partial charge in [0.25, 0.3) is 5.56 Å². The number of nitrogens with one attached hydrogen (secondary N) is 2. The monoisotopic (exact) mass is 482 g/mol. The van der Waals surface area contributed by atoms with Gasteiger partial charge in [0.05, 0.1) is 16.7 Å². The third-order valence-electron chi connectivity index (χ3n) is 6.14. The average molecular weight is 483 g/mol. The highest BCUT2D eigenvalue weighted by molar-refractivity contribution is 5.96. The molecule has 0 unspecified atom stereocenters. The molecule has 0 spiro atoms. The van der Waals surface area contributed by atoms with E-state index in [-0.39, 0.29) is 17.5 Å². The van der Waals surface area contributed by atoms with E-state index in [0.717, 1.165) is 17.5 Å². The quantitative estimate of drug-likeness (QED) is 0.365. The Bertz CT molecular complexity index is 1510. The van der Waals surface area contributed by atoms with E-state index < -0.39 is 11.6 Å². The summed E-state index contributed by atoms with van der Waals surface area (Å²) in [6.07, 6.45) is 1.25. The van der Waals surface area contributed by atoms with Crippen molar-refractivity contribution in [1.82, 2.24) is 9.55 Å². The molecular formula is C29H30N4O3. The lowest BCUT2D eigenvalue weighted by Crippen LogP contribution is -2.34. The van der Waals surface area contributed by atoms with Crippen molar-refractivity contribution in [3.05, 3.63) is 88.2 Å². The minimum atomic E-state index is -0.761. The summed E-state index contributed by atoms with van der Waals surface area (Å²) >= 11 is 0. The topological polar surface area (TPSA) is 93.1 Å². The Morgan fingerprint density at radius 3 is 2.47 bits per heavy atom. The predicted molar refractivity (Wildman–Crippen MR) is 144 cm³/mol. The fourth-order valence-corrected chi connectivity index (χ4v) is 4.37. The van der Waals surface area contributed by atoms with Crippen molar-refractivity contribution in [2.24, 2.45) is 0 Å². The zero-order valence-electron chi connectivity index (χ0n) is 21.0. The average Bonchev–Trinajstić information content (AvgIpc) is 2.86. The van der Waals surface area contributed by atoms with E-state index in [9.17, 15) is 14.4 Å². The van der Waals surface area contributed by atoms with Crippen LogP contribution >= 0.6 is 0 Å². The van der Waals surface area contributed by atoms with E-state index in [0.29, 0.717) is 34.4 Å². The lowest BCUT2D eigenvalue weighted by Gasteiger charge is -2.22. The summed E-state index contributed by atoms with van der Waals surface area (Å²) in [6, 6.07) is 19.7. The molecular weight excluding hydrogens is 452 g/mol. The summed E-state index contributed by atoms with van der Waals surface area (Å²) in [6.45, 7) is 7.26. The second kappa shape index (κ2) is 10.6. The Balaban J connectivity index is 1.89. The van der Waals surface area contributed by atoms with Crippen molar-refractivity contribution >= 4 is 34.2 Å². The molecule has 4 rings (SSSR count). The Morgan fingerprint density at radius 1 is 0.972 bits per heavy atom. The van der Waals surface area contributed by atoms with Crippen LogP contribution in [0, 0.1) is 6.92 Å². The van der Waals surface area contributed by atoms with Gasteiger partial charge in [-0.25, -0.2) is 4.98 Å². The highest BCUT2D eigenvalue weighted by atomic mass is 16.2. The number of carbonyl (C=O) groups is 2. The molecule has 0 fully saturated rings. The van der Waals surface area contributed by atoms with E-state index in [2.05, 4.69) is 22.5 Å². The van der Waals surface area contributed by atoms with Crippen LogP contribution in [0.4, 0.5) is 11.4 Å². The molecule has 0 aliphatic rings. The lowest BCUT2D eigenvalue weighted by molar-refractivity contribution is -0.119. The van der Waals surface area contributed by atoms with Gasteiger partial charge in [0.1, 0.15) is 11.7 Å². The molecule has 2 amide bonds. The smallest absolute Gasteiger partial charge is 0.278 e. The molecule has 184 valence electrons. The molecule has 0 radical (unpaired) electrons. The summed E-state index contributed by atoms with van der Waals surface area (Å²) in [5.74, 6) is -0.525. The summed E-state index contributed by atoms with van der Waals surface area (Å²) in [5.41, 5.74) is 4.67. The maximum Gasteiger partial charge on any atom is 0.278 e. The van der Waals surface area contributed by atoms with Gasteiger partial charge >= 0.3 is 0 Å². The fourth-order valence-electron chi connectivity index (χ4n) is 4.37. The van der Waals surface area contributed by atoms with E-state index in [1.807, 2.05) is 68.4 Å².